The summed E-state index contributed by atoms with van der Waals surface area (Å²) in [6, 6.07) is 8.29. The van der Waals surface area contributed by atoms with Crippen LogP contribution < -0.4 is 5.32 Å². The number of hydrogen-bond acceptors (Lipinski definition) is 6. The monoisotopic (exact) mass is 387 g/mol. The number of furan rings is 1. The summed E-state index contributed by atoms with van der Waals surface area (Å²) in [7, 11) is 1.92. The minimum absolute atomic E-state index is 0.750. The number of thiazole rings is 1. The SMILES string of the molecule is CC.CC=O.CCN1CCc2c(oc(NC)c2-c2nc3ccccc3s2)C1. The molecular formula is C21H29N3O2S. The van der Waals surface area contributed by atoms with Crippen molar-refractivity contribution in [1.82, 2.24) is 9.88 Å². The van der Waals surface area contributed by atoms with Gasteiger partial charge in [0.2, 0.25) is 5.88 Å². The maximum atomic E-state index is 8.81. The van der Waals surface area contributed by atoms with Gasteiger partial charge in [-0.3, -0.25) is 4.90 Å². The molecule has 0 radical (unpaired) electrons. The third-order valence-corrected chi connectivity index (χ3v) is 5.37. The number of aromatic nitrogens is 1. The van der Waals surface area contributed by atoms with E-state index >= 15 is 0 Å². The number of hydrogen-bond donors (Lipinski definition) is 1. The van der Waals surface area contributed by atoms with Crippen molar-refractivity contribution in [2.45, 2.75) is 40.7 Å². The standard InChI is InChI=1S/C17H19N3OS.C2H4O.C2H6/c1-3-20-9-8-11-13(10-20)21-16(18-2)15(11)17-19-12-6-4-5-7-14(12)22-17;1-2-3;1-2/h4-7,18H,3,8-10H2,1-2H3;2H,1H3;1-2H3. The molecule has 1 aromatic carbocycles. The van der Waals surface area contributed by atoms with Crippen LogP contribution in [-0.2, 0) is 17.8 Å². The number of nitrogens with zero attached hydrogens (tertiary/aromatic N) is 2. The van der Waals surface area contributed by atoms with E-state index in [1.807, 2.05) is 27.0 Å². The Morgan fingerprint density at radius 1 is 1.33 bits per heavy atom. The van der Waals surface area contributed by atoms with Gasteiger partial charge < -0.3 is 14.5 Å². The van der Waals surface area contributed by atoms with Gasteiger partial charge in [-0.2, -0.15) is 0 Å². The molecule has 0 spiro atoms. The van der Waals surface area contributed by atoms with E-state index in [0.29, 0.717) is 0 Å². The number of nitrogens with one attached hydrogen (secondary N) is 1. The molecular weight excluding hydrogens is 358 g/mol. The highest BCUT2D eigenvalue weighted by molar-refractivity contribution is 7.21. The van der Waals surface area contributed by atoms with Crippen molar-refractivity contribution >= 4 is 33.7 Å². The molecule has 3 heterocycles. The lowest BCUT2D eigenvalue weighted by Gasteiger charge is -2.24. The number of likely N-dealkylation sites (N-methyl/N-ethyl adjacent to an activating group) is 1. The zero-order valence-corrected chi connectivity index (χ0v) is 17.7. The minimum Gasteiger partial charge on any atom is -0.443 e. The van der Waals surface area contributed by atoms with Gasteiger partial charge in [0.15, 0.2) is 0 Å². The van der Waals surface area contributed by atoms with Crippen LogP contribution in [0.3, 0.4) is 0 Å². The van der Waals surface area contributed by atoms with Crippen molar-refractivity contribution in [3.05, 3.63) is 35.6 Å². The second-order valence-electron chi connectivity index (χ2n) is 5.80. The zero-order valence-electron chi connectivity index (χ0n) is 16.8. The number of benzene rings is 1. The number of aldehydes is 1. The van der Waals surface area contributed by atoms with Crippen LogP contribution in [0, 0.1) is 0 Å². The molecule has 146 valence electrons. The smallest absolute Gasteiger partial charge is 0.203 e. The average Bonchev–Trinajstić information content (AvgIpc) is 3.29. The Kier molecular flexibility index (Phi) is 8.00. The van der Waals surface area contributed by atoms with Crippen molar-refractivity contribution in [3.8, 4) is 10.6 Å². The highest BCUT2D eigenvalue weighted by Crippen LogP contribution is 2.42. The molecule has 3 aromatic rings. The van der Waals surface area contributed by atoms with E-state index in [1.165, 1.54) is 17.2 Å². The van der Waals surface area contributed by atoms with Crippen LogP contribution in [0.25, 0.3) is 20.8 Å². The Labute approximate surface area is 165 Å². The normalized spacial score (nSPS) is 13.1. The Hall–Kier alpha value is -2.18. The van der Waals surface area contributed by atoms with Crippen molar-refractivity contribution in [3.63, 3.8) is 0 Å². The molecule has 27 heavy (non-hydrogen) atoms. The van der Waals surface area contributed by atoms with Crippen LogP contribution in [0.1, 0.15) is 39.0 Å². The first-order chi connectivity index (χ1) is 13.2. The van der Waals surface area contributed by atoms with Gasteiger partial charge in [0.25, 0.3) is 0 Å². The maximum absolute atomic E-state index is 8.81. The van der Waals surface area contributed by atoms with E-state index in [4.69, 9.17) is 14.2 Å². The van der Waals surface area contributed by atoms with Crippen molar-refractivity contribution in [2.24, 2.45) is 0 Å². The molecule has 0 atom stereocenters. The van der Waals surface area contributed by atoms with E-state index in [0.717, 1.165) is 60.1 Å². The van der Waals surface area contributed by atoms with Crippen LogP contribution in [-0.4, -0.2) is 36.3 Å². The molecule has 0 unspecified atom stereocenters. The van der Waals surface area contributed by atoms with Crippen LogP contribution in [0.15, 0.2) is 28.7 Å². The first-order valence-corrected chi connectivity index (χ1v) is 10.3. The third-order valence-electron chi connectivity index (χ3n) is 4.32. The summed E-state index contributed by atoms with van der Waals surface area (Å²) in [4.78, 5) is 16.0. The Bertz CT molecular complexity index is 837. The number of para-hydroxylation sites is 1. The van der Waals surface area contributed by atoms with E-state index in [-0.39, 0.29) is 0 Å². The molecule has 0 saturated carbocycles. The molecule has 0 aliphatic carbocycles. The lowest BCUT2D eigenvalue weighted by molar-refractivity contribution is -0.106. The van der Waals surface area contributed by atoms with Crippen LogP contribution in [0.5, 0.6) is 0 Å². The van der Waals surface area contributed by atoms with Gasteiger partial charge in [0.05, 0.1) is 22.3 Å². The molecule has 0 saturated heterocycles. The average molecular weight is 388 g/mol. The number of carbonyl (C=O) groups is 1. The van der Waals surface area contributed by atoms with Crippen molar-refractivity contribution in [1.29, 1.82) is 0 Å². The van der Waals surface area contributed by atoms with Crippen molar-refractivity contribution in [2.75, 3.05) is 25.5 Å². The lowest BCUT2D eigenvalue weighted by Crippen LogP contribution is -2.29. The fourth-order valence-corrected chi connectivity index (χ4v) is 4.14. The second kappa shape index (κ2) is 10.2. The predicted octanol–water partition coefficient (Wildman–Crippen LogP) is 5.21. The summed E-state index contributed by atoms with van der Waals surface area (Å²) in [5.74, 6) is 1.94. The number of fused-ring (bicyclic) bond motifs is 2. The van der Waals surface area contributed by atoms with Gasteiger partial charge in [0, 0.05) is 19.2 Å². The zero-order chi connectivity index (χ0) is 19.8. The van der Waals surface area contributed by atoms with E-state index < -0.39 is 0 Å². The molecule has 0 amide bonds. The molecule has 2 aromatic heterocycles. The van der Waals surface area contributed by atoms with Gasteiger partial charge >= 0.3 is 0 Å². The minimum atomic E-state index is 0.750. The summed E-state index contributed by atoms with van der Waals surface area (Å²) < 4.78 is 7.31. The Morgan fingerprint density at radius 3 is 2.67 bits per heavy atom. The molecule has 4 rings (SSSR count). The van der Waals surface area contributed by atoms with Crippen LogP contribution >= 0.6 is 11.3 Å². The topological polar surface area (TPSA) is 58.4 Å². The van der Waals surface area contributed by atoms with Crippen LogP contribution in [0.2, 0.25) is 0 Å². The molecule has 1 aliphatic heterocycles. The number of rotatable bonds is 3. The Morgan fingerprint density at radius 2 is 2.04 bits per heavy atom. The van der Waals surface area contributed by atoms with Gasteiger partial charge in [-0.05, 0) is 32.0 Å². The highest BCUT2D eigenvalue weighted by atomic mass is 32.1. The van der Waals surface area contributed by atoms with Crippen LogP contribution in [0.4, 0.5) is 5.88 Å². The lowest BCUT2D eigenvalue weighted by atomic mass is 10.0. The van der Waals surface area contributed by atoms with Crippen molar-refractivity contribution < 1.29 is 9.21 Å². The summed E-state index contributed by atoms with van der Waals surface area (Å²) in [6.07, 6.45) is 1.78. The summed E-state index contributed by atoms with van der Waals surface area (Å²) in [5, 5.41) is 4.27. The molecule has 5 nitrogen and oxygen atoms in total. The predicted molar refractivity (Wildman–Crippen MR) is 115 cm³/mol. The summed E-state index contributed by atoms with van der Waals surface area (Å²) in [5.41, 5.74) is 3.55. The highest BCUT2D eigenvalue weighted by Gasteiger charge is 2.27. The Balaban J connectivity index is 0.000000478. The summed E-state index contributed by atoms with van der Waals surface area (Å²) in [6.45, 7) is 10.7. The molecule has 0 fully saturated rings. The summed E-state index contributed by atoms with van der Waals surface area (Å²) >= 11 is 1.74. The van der Waals surface area contributed by atoms with Gasteiger partial charge in [0.1, 0.15) is 17.1 Å². The fourth-order valence-electron chi connectivity index (χ4n) is 3.11. The van der Waals surface area contributed by atoms with Gasteiger partial charge in [-0.1, -0.05) is 32.9 Å². The first kappa shape index (κ1) is 21.1. The number of carbonyl (C=O) groups excluding carboxylic acids is 1. The maximum Gasteiger partial charge on any atom is 0.203 e. The first-order valence-electron chi connectivity index (χ1n) is 9.52. The fraction of sp³-hybridized carbons (Fsp3) is 0.429. The number of anilines is 1. The third kappa shape index (κ3) is 4.57. The van der Waals surface area contributed by atoms with E-state index in [9.17, 15) is 0 Å². The largest absolute Gasteiger partial charge is 0.443 e. The van der Waals surface area contributed by atoms with Gasteiger partial charge in [-0.25, -0.2) is 4.98 Å². The molecule has 0 bridgehead atoms. The molecule has 1 N–H and O–H groups in total. The molecule has 1 aliphatic rings. The second-order valence-corrected chi connectivity index (χ2v) is 6.83. The quantitative estimate of drug-likeness (QED) is 0.625. The van der Waals surface area contributed by atoms with E-state index in [2.05, 4.69) is 35.3 Å². The van der Waals surface area contributed by atoms with E-state index in [1.54, 1.807) is 11.3 Å². The molecule has 6 heteroatoms. The van der Waals surface area contributed by atoms with Gasteiger partial charge in [-0.15, -0.1) is 11.3 Å².